The number of aromatic nitrogens is 1. The number of aryl methyl sites for hydroxylation is 1. The molecule has 0 aliphatic carbocycles. The van der Waals surface area contributed by atoms with E-state index in [-0.39, 0.29) is 27.9 Å². The number of nitrogens with zero attached hydrogens (tertiary/aromatic N) is 2. The van der Waals surface area contributed by atoms with Crippen molar-refractivity contribution in [2.75, 3.05) is 31.8 Å². The zero-order valence-corrected chi connectivity index (χ0v) is 26.8. The monoisotopic (exact) mass is 634 g/mol. The maximum Gasteiger partial charge on any atom is 0.350 e. The zero-order chi connectivity index (χ0) is 32.5. The fraction of sp³-hybridized carbons (Fsp3) is 0.353. The molecule has 1 aliphatic rings. The highest BCUT2D eigenvalue weighted by Crippen LogP contribution is 2.45. The van der Waals surface area contributed by atoms with E-state index in [0.717, 1.165) is 37.0 Å². The molecule has 1 unspecified atom stereocenters. The van der Waals surface area contributed by atoms with Crippen LogP contribution in [0.4, 0.5) is 5.13 Å². The Hall–Kier alpha value is -4.64. The number of hydrogen-bond donors (Lipinski definition) is 1. The summed E-state index contributed by atoms with van der Waals surface area (Å²) in [6.45, 7) is 10.4. The number of hydrogen-bond acceptors (Lipinski definition) is 10. The van der Waals surface area contributed by atoms with Crippen LogP contribution in [0.15, 0.2) is 60.7 Å². The fourth-order valence-corrected chi connectivity index (χ4v) is 5.71. The number of carbonyl (C=O) groups excluding carboxylic acids is 3. The van der Waals surface area contributed by atoms with Gasteiger partial charge in [0.25, 0.3) is 5.78 Å². The van der Waals surface area contributed by atoms with Crippen LogP contribution in [0.5, 0.6) is 17.2 Å². The van der Waals surface area contributed by atoms with Crippen molar-refractivity contribution >= 4 is 39.9 Å². The largest absolute Gasteiger partial charge is 0.507 e. The number of methoxy groups -OCH3 is 1. The number of rotatable bonds is 15. The van der Waals surface area contributed by atoms with Gasteiger partial charge in [-0.15, -0.1) is 0 Å². The fourth-order valence-electron chi connectivity index (χ4n) is 4.72. The summed E-state index contributed by atoms with van der Waals surface area (Å²) in [5.41, 5.74) is 1.00. The van der Waals surface area contributed by atoms with Crippen molar-refractivity contribution in [2.45, 2.75) is 52.5 Å². The Morgan fingerprint density at radius 1 is 1.04 bits per heavy atom. The minimum Gasteiger partial charge on any atom is -0.507 e. The van der Waals surface area contributed by atoms with Crippen molar-refractivity contribution < 1.29 is 38.4 Å². The van der Waals surface area contributed by atoms with Crippen LogP contribution in [0.2, 0.25) is 0 Å². The van der Waals surface area contributed by atoms with Gasteiger partial charge in [-0.3, -0.25) is 14.5 Å². The van der Waals surface area contributed by atoms with Gasteiger partial charge in [0.2, 0.25) is 0 Å². The van der Waals surface area contributed by atoms with Crippen LogP contribution in [0.3, 0.4) is 0 Å². The van der Waals surface area contributed by atoms with Gasteiger partial charge in [0.15, 0.2) is 16.6 Å². The third-order valence-electron chi connectivity index (χ3n) is 7.11. The van der Waals surface area contributed by atoms with E-state index >= 15 is 0 Å². The molecule has 11 heteroatoms. The number of aliphatic hydroxyl groups excluding tert-OH is 1. The standard InChI is InChI=1S/C34H38N2O8S/c1-6-9-18-42-24-14-11-22(12-15-24)29(37)27-28(23-13-16-25(26(20-23)41-5)43-19-10-7-2)36(32(39)30(27)38)34-35-21(4)31(45-34)33(40)44-17-8-3/h8,11-16,20,28,37H,3,6-7,9-10,17-19H2,1-2,4-5H3/b29-27+. The number of unbranched alkanes of at least 4 members (excludes halogenated alkanes) is 2. The summed E-state index contributed by atoms with van der Waals surface area (Å²) < 4.78 is 22.4. The molecule has 1 atom stereocenters. The second kappa shape index (κ2) is 15.4. The summed E-state index contributed by atoms with van der Waals surface area (Å²) in [6.07, 6.45) is 5.15. The van der Waals surface area contributed by atoms with Gasteiger partial charge < -0.3 is 24.1 Å². The van der Waals surface area contributed by atoms with Gasteiger partial charge in [0.1, 0.15) is 23.0 Å². The summed E-state index contributed by atoms with van der Waals surface area (Å²) >= 11 is 0.923. The third-order valence-corrected chi connectivity index (χ3v) is 8.24. The first-order chi connectivity index (χ1) is 21.7. The molecule has 1 aromatic heterocycles. The van der Waals surface area contributed by atoms with Gasteiger partial charge in [0.05, 0.1) is 37.6 Å². The first-order valence-corrected chi connectivity index (χ1v) is 15.7. The average molecular weight is 635 g/mol. The van der Waals surface area contributed by atoms with Gasteiger partial charge in [-0.1, -0.05) is 56.7 Å². The lowest BCUT2D eigenvalue weighted by molar-refractivity contribution is -0.132. The maximum atomic E-state index is 13.7. The van der Waals surface area contributed by atoms with E-state index in [2.05, 4.69) is 25.4 Å². The highest BCUT2D eigenvalue weighted by Gasteiger charge is 2.48. The summed E-state index contributed by atoms with van der Waals surface area (Å²) in [7, 11) is 1.50. The minimum atomic E-state index is -1.09. The number of Topliss-reactive ketones (excluding diaryl/α,β-unsaturated/α-hetero) is 1. The Balaban J connectivity index is 1.83. The molecule has 0 spiro atoms. The van der Waals surface area contributed by atoms with Crippen molar-refractivity contribution in [3.05, 3.63) is 82.4 Å². The number of carbonyl (C=O) groups is 3. The summed E-state index contributed by atoms with van der Waals surface area (Å²) in [5, 5.41) is 11.7. The molecule has 0 bridgehead atoms. The van der Waals surface area contributed by atoms with E-state index in [1.54, 1.807) is 49.4 Å². The number of thiazole rings is 1. The molecular formula is C34H38N2O8S. The van der Waals surface area contributed by atoms with Gasteiger partial charge >= 0.3 is 11.9 Å². The molecule has 10 nitrogen and oxygen atoms in total. The topological polar surface area (TPSA) is 124 Å². The van der Waals surface area contributed by atoms with Gasteiger partial charge in [0, 0.05) is 5.56 Å². The molecule has 4 rings (SSSR count). The van der Waals surface area contributed by atoms with E-state index in [1.165, 1.54) is 18.1 Å². The second-order valence-electron chi connectivity index (χ2n) is 10.3. The van der Waals surface area contributed by atoms with E-state index in [4.69, 9.17) is 18.9 Å². The van der Waals surface area contributed by atoms with Crippen molar-refractivity contribution in [3.8, 4) is 17.2 Å². The van der Waals surface area contributed by atoms with Crippen molar-refractivity contribution in [1.82, 2.24) is 4.98 Å². The summed E-state index contributed by atoms with van der Waals surface area (Å²) in [4.78, 5) is 45.9. The highest BCUT2D eigenvalue weighted by molar-refractivity contribution is 7.17. The quantitative estimate of drug-likeness (QED) is 0.0481. The molecular weight excluding hydrogens is 596 g/mol. The summed E-state index contributed by atoms with van der Waals surface area (Å²) in [5.74, 6) is -1.26. The molecule has 1 saturated heterocycles. The molecule has 0 saturated carbocycles. The maximum absolute atomic E-state index is 13.7. The van der Waals surface area contributed by atoms with Crippen LogP contribution in [-0.4, -0.2) is 54.7 Å². The number of ether oxygens (including phenoxy) is 4. The number of anilines is 1. The van der Waals surface area contributed by atoms with Crippen LogP contribution in [0.1, 0.15) is 72.1 Å². The van der Waals surface area contributed by atoms with E-state index in [1.807, 2.05) is 0 Å². The van der Waals surface area contributed by atoms with Crippen LogP contribution in [0, 0.1) is 6.92 Å². The lowest BCUT2D eigenvalue weighted by Crippen LogP contribution is -2.29. The summed E-state index contributed by atoms with van der Waals surface area (Å²) in [6, 6.07) is 10.7. The Morgan fingerprint density at radius 3 is 2.38 bits per heavy atom. The first-order valence-electron chi connectivity index (χ1n) is 14.9. The second-order valence-corrected chi connectivity index (χ2v) is 11.3. The van der Waals surface area contributed by atoms with Crippen LogP contribution < -0.4 is 19.1 Å². The van der Waals surface area contributed by atoms with Crippen LogP contribution in [-0.2, 0) is 14.3 Å². The Morgan fingerprint density at radius 2 is 1.73 bits per heavy atom. The van der Waals surface area contributed by atoms with Crippen molar-refractivity contribution in [1.29, 1.82) is 0 Å². The molecule has 1 aliphatic heterocycles. The predicted octanol–water partition coefficient (Wildman–Crippen LogP) is 6.79. The number of ketones is 1. The number of aliphatic hydroxyl groups is 1. The van der Waals surface area contributed by atoms with Crippen LogP contribution >= 0.6 is 11.3 Å². The van der Waals surface area contributed by atoms with Gasteiger partial charge in [-0.05, 0) is 61.7 Å². The van der Waals surface area contributed by atoms with Gasteiger partial charge in [-0.25, -0.2) is 9.78 Å². The van der Waals surface area contributed by atoms with E-state index in [9.17, 15) is 19.5 Å². The molecule has 2 heterocycles. The molecule has 1 amide bonds. The molecule has 238 valence electrons. The SMILES string of the molecule is C=CCOC(=O)c1sc(N2C(=O)C(=O)/C(=C(/O)c3ccc(OCCCC)cc3)C2c2ccc(OCCCC)c(OC)c2)nc1C. The van der Waals surface area contributed by atoms with Gasteiger partial charge in [-0.2, -0.15) is 0 Å². The van der Waals surface area contributed by atoms with Crippen LogP contribution in [0.25, 0.3) is 5.76 Å². The number of esters is 1. The van der Waals surface area contributed by atoms with Crippen molar-refractivity contribution in [2.24, 2.45) is 0 Å². The predicted molar refractivity (Wildman–Crippen MR) is 172 cm³/mol. The smallest absolute Gasteiger partial charge is 0.350 e. The highest BCUT2D eigenvalue weighted by atomic mass is 32.1. The minimum absolute atomic E-state index is 0.00489. The Labute approximate surface area is 266 Å². The molecule has 45 heavy (non-hydrogen) atoms. The average Bonchev–Trinajstić information content (AvgIpc) is 3.56. The van der Waals surface area contributed by atoms with Crippen molar-refractivity contribution in [3.63, 3.8) is 0 Å². The number of amides is 1. The molecule has 1 fully saturated rings. The lowest BCUT2D eigenvalue weighted by atomic mass is 9.95. The molecule has 1 N–H and O–H groups in total. The third kappa shape index (κ3) is 7.37. The van der Waals surface area contributed by atoms with E-state index < -0.39 is 23.7 Å². The molecule has 3 aromatic rings. The normalized spacial score (nSPS) is 15.6. The molecule has 2 aromatic carbocycles. The Kier molecular flexibility index (Phi) is 11.4. The molecule has 0 radical (unpaired) electrons. The Bertz CT molecular complexity index is 1580. The van der Waals surface area contributed by atoms with E-state index in [0.29, 0.717) is 47.3 Å². The zero-order valence-electron chi connectivity index (χ0n) is 26.0. The lowest BCUT2D eigenvalue weighted by Gasteiger charge is -2.24. The first kappa shape index (κ1) is 33.3. The number of benzene rings is 2.